The van der Waals surface area contributed by atoms with Crippen LogP contribution in [0, 0.1) is 0 Å². The van der Waals surface area contributed by atoms with Crippen molar-refractivity contribution in [2.24, 2.45) is 5.73 Å². The average Bonchev–Trinajstić information content (AvgIpc) is 2.81. The number of nitrogens with one attached hydrogen (secondary N) is 1. The van der Waals surface area contributed by atoms with E-state index in [9.17, 15) is 9.59 Å². The van der Waals surface area contributed by atoms with Gasteiger partial charge in [-0.15, -0.1) is 24.2 Å². The minimum atomic E-state index is -0.432. The monoisotopic (exact) mass is 323 g/mol. The highest BCUT2D eigenvalue weighted by atomic mass is 35.5. The largest absolute Gasteiger partial charge is 0.352 e. The molecule has 20 heavy (non-hydrogen) atoms. The number of thioether (sulfide) groups is 1. The number of nitrogens with zero attached hydrogens (tertiary/aromatic N) is 1. The standard InChI is InChI=1S/C13H25N3O2S.ClH/c1-4-5-6-11(17)16-9-19-7-10(16)12(18)15-8-13(2,3)14;/h10H,4-9,14H2,1-3H3,(H,15,18);1H. The first-order valence-corrected chi connectivity index (χ1v) is 7.94. The van der Waals surface area contributed by atoms with Crippen molar-refractivity contribution in [3.63, 3.8) is 0 Å². The predicted octanol–water partition coefficient (Wildman–Crippen LogP) is 1.35. The highest BCUT2D eigenvalue weighted by molar-refractivity contribution is 7.99. The van der Waals surface area contributed by atoms with Crippen LogP contribution in [0.25, 0.3) is 0 Å². The molecule has 3 N–H and O–H groups in total. The lowest BCUT2D eigenvalue weighted by Crippen LogP contribution is -2.52. The van der Waals surface area contributed by atoms with E-state index in [1.807, 2.05) is 13.8 Å². The Morgan fingerprint density at radius 3 is 2.65 bits per heavy atom. The minimum absolute atomic E-state index is 0. The summed E-state index contributed by atoms with van der Waals surface area (Å²) in [6.07, 6.45) is 2.40. The van der Waals surface area contributed by atoms with Gasteiger partial charge in [0.25, 0.3) is 0 Å². The quantitative estimate of drug-likeness (QED) is 0.773. The average molecular weight is 324 g/mol. The molecule has 118 valence electrons. The molecule has 2 amide bonds. The molecule has 0 aromatic heterocycles. The van der Waals surface area contributed by atoms with Gasteiger partial charge in [0.05, 0.1) is 5.88 Å². The second kappa shape index (κ2) is 8.74. The first-order chi connectivity index (χ1) is 8.85. The first-order valence-electron chi connectivity index (χ1n) is 6.79. The molecule has 1 rings (SSSR count). The molecular formula is C13H26ClN3O2S. The van der Waals surface area contributed by atoms with E-state index in [-0.39, 0.29) is 30.3 Å². The van der Waals surface area contributed by atoms with E-state index >= 15 is 0 Å². The molecular weight excluding hydrogens is 298 g/mol. The van der Waals surface area contributed by atoms with E-state index in [2.05, 4.69) is 12.2 Å². The van der Waals surface area contributed by atoms with Crippen LogP contribution in [0.15, 0.2) is 0 Å². The summed E-state index contributed by atoms with van der Waals surface area (Å²) in [5.41, 5.74) is 5.41. The number of carbonyl (C=O) groups excluding carboxylic acids is 2. The SMILES string of the molecule is CCCCC(=O)N1CSCC1C(=O)NCC(C)(C)N.Cl. The van der Waals surface area contributed by atoms with Crippen LogP contribution in [-0.4, -0.2) is 46.5 Å². The third-order valence-electron chi connectivity index (χ3n) is 2.97. The van der Waals surface area contributed by atoms with Crippen LogP contribution >= 0.6 is 24.2 Å². The number of hydrogen-bond acceptors (Lipinski definition) is 4. The zero-order valence-corrected chi connectivity index (χ0v) is 14.1. The van der Waals surface area contributed by atoms with Crippen molar-refractivity contribution in [3.05, 3.63) is 0 Å². The molecule has 1 heterocycles. The van der Waals surface area contributed by atoms with Crippen molar-refractivity contribution in [1.82, 2.24) is 10.2 Å². The number of nitrogens with two attached hydrogens (primary N) is 1. The van der Waals surface area contributed by atoms with Crippen molar-refractivity contribution < 1.29 is 9.59 Å². The van der Waals surface area contributed by atoms with Crippen LogP contribution in [0.2, 0.25) is 0 Å². The maximum absolute atomic E-state index is 12.1. The van der Waals surface area contributed by atoms with Gasteiger partial charge in [-0.3, -0.25) is 9.59 Å². The van der Waals surface area contributed by atoms with E-state index in [1.165, 1.54) is 0 Å². The summed E-state index contributed by atoms with van der Waals surface area (Å²) in [5.74, 6) is 1.29. The molecule has 0 spiro atoms. The Labute approximate surface area is 131 Å². The summed E-state index contributed by atoms with van der Waals surface area (Å²) >= 11 is 1.63. The molecule has 0 aromatic rings. The summed E-state index contributed by atoms with van der Waals surface area (Å²) in [6, 6.07) is -0.336. The fourth-order valence-electron chi connectivity index (χ4n) is 1.81. The summed E-state index contributed by atoms with van der Waals surface area (Å²) in [6.45, 7) is 6.20. The topological polar surface area (TPSA) is 75.4 Å². The number of carbonyl (C=O) groups is 2. The van der Waals surface area contributed by atoms with Crippen molar-refractivity contribution in [2.45, 2.75) is 51.6 Å². The number of halogens is 1. The molecule has 1 aliphatic rings. The molecule has 0 aromatic carbocycles. The van der Waals surface area contributed by atoms with Crippen molar-refractivity contribution in [2.75, 3.05) is 18.2 Å². The maximum atomic E-state index is 12.1. The van der Waals surface area contributed by atoms with Gasteiger partial charge >= 0.3 is 0 Å². The van der Waals surface area contributed by atoms with Crippen molar-refractivity contribution in [1.29, 1.82) is 0 Å². The van der Waals surface area contributed by atoms with E-state index in [1.54, 1.807) is 16.7 Å². The molecule has 1 saturated heterocycles. The first kappa shape index (κ1) is 19.5. The minimum Gasteiger partial charge on any atom is -0.352 e. The van der Waals surface area contributed by atoms with Gasteiger partial charge in [0.2, 0.25) is 11.8 Å². The molecule has 1 atom stereocenters. The zero-order valence-electron chi connectivity index (χ0n) is 12.5. The molecule has 0 radical (unpaired) electrons. The van der Waals surface area contributed by atoms with Crippen molar-refractivity contribution >= 4 is 36.0 Å². The van der Waals surface area contributed by atoms with Crippen LogP contribution < -0.4 is 11.1 Å². The smallest absolute Gasteiger partial charge is 0.243 e. The molecule has 0 saturated carbocycles. The lowest BCUT2D eigenvalue weighted by molar-refractivity contribution is -0.138. The Hall–Kier alpha value is -0.460. The van der Waals surface area contributed by atoms with Crippen LogP contribution in [0.5, 0.6) is 0 Å². The van der Waals surface area contributed by atoms with Gasteiger partial charge in [0, 0.05) is 24.3 Å². The summed E-state index contributed by atoms with van der Waals surface area (Å²) < 4.78 is 0. The second-order valence-electron chi connectivity index (χ2n) is 5.69. The maximum Gasteiger partial charge on any atom is 0.243 e. The second-order valence-corrected chi connectivity index (χ2v) is 6.69. The highest BCUT2D eigenvalue weighted by Gasteiger charge is 2.34. The Morgan fingerprint density at radius 2 is 2.10 bits per heavy atom. The number of hydrogen-bond donors (Lipinski definition) is 2. The van der Waals surface area contributed by atoms with E-state index in [0.29, 0.717) is 24.6 Å². The molecule has 0 bridgehead atoms. The predicted molar refractivity (Wildman–Crippen MR) is 86.0 cm³/mol. The van der Waals surface area contributed by atoms with E-state index < -0.39 is 5.54 Å². The van der Waals surface area contributed by atoms with Gasteiger partial charge in [-0.2, -0.15) is 0 Å². The fourth-order valence-corrected chi connectivity index (χ4v) is 2.99. The van der Waals surface area contributed by atoms with Crippen LogP contribution in [0.4, 0.5) is 0 Å². The number of amides is 2. The fraction of sp³-hybridized carbons (Fsp3) is 0.846. The number of rotatable bonds is 6. The van der Waals surface area contributed by atoms with Crippen LogP contribution in [0.3, 0.4) is 0 Å². The molecule has 1 aliphatic heterocycles. The Balaban J connectivity index is 0.00000361. The highest BCUT2D eigenvalue weighted by Crippen LogP contribution is 2.22. The molecule has 1 unspecified atom stereocenters. The lowest BCUT2D eigenvalue weighted by atomic mass is 10.1. The third-order valence-corrected chi connectivity index (χ3v) is 3.98. The van der Waals surface area contributed by atoms with Crippen LogP contribution in [-0.2, 0) is 9.59 Å². The molecule has 7 heteroatoms. The van der Waals surface area contributed by atoms with Gasteiger partial charge in [0.1, 0.15) is 6.04 Å². The molecule has 1 fully saturated rings. The molecule has 5 nitrogen and oxygen atoms in total. The Bertz CT molecular complexity index is 334. The number of unbranched alkanes of at least 4 members (excludes halogenated alkanes) is 1. The Kier molecular flexibility index (Phi) is 8.54. The zero-order chi connectivity index (χ0) is 14.5. The van der Waals surface area contributed by atoms with Gasteiger partial charge in [0.15, 0.2) is 0 Å². The summed E-state index contributed by atoms with van der Waals surface area (Å²) in [5, 5.41) is 2.83. The molecule has 0 aliphatic carbocycles. The van der Waals surface area contributed by atoms with E-state index in [0.717, 1.165) is 12.8 Å². The summed E-state index contributed by atoms with van der Waals surface area (Å²) in [7, 11) is 0. The van der Waals surface area contributed by atoms with Gasteiger partial charge in [-0.25, -0.2) is 0 Å². The van der Waals surface area contributed by atoms with Gasteiger partial charge in [-0.1, -0.05) is 13.3 Å². The van der Waals surface area contributed by atoms with Gasteiger partial charge < -0.3 is 16.0 Å². The summed E-state index contributed by atoms with van der Waals surface area (Å²) in [4.78, 5) is 25.8. The lowest BCUT2D eigenvalue weighted by Gasteiger charge is -2.25. The van der Waals surface area contributed by atoms with Gasteiger partial charge in [-0.05, 0) is 20.3 Å². The third kappa shape index (κ3) is 6.33. The van der Waals surface area contributed by atoms with E-state index in [4.69, 9.17) is 5.73 Å². The van der Waals surface area contributed by atoms with Crippen LogP contribution in [0.1, 0.15) is 40.0 Å². The van der Waals surface area contributed by atoms with Crippen molar-refractivity contribution in [3.8, 4) is 0 Å². The Morgan fingerprint density at radius 1 is 1.45 bits per heavy atom. The normalized spacial score (nSPS) is 18.6.